The van der Waals surface area contributed by atoms with Crippen molar-refractivity contribution in [2.45, 2.75) is 11.7 Å². The van der Waals surface area contributed by atoms with Crippen molar-refractivity contribution in [3.05, 3.63) is 64.8 Å². The third-order valence-electron chi connectivity index (χ3n) is 5.98. The van der Waals surface area contributed by atoms with E-state index in [0.29, 0.717) is 35.6 Å². The van der Waals surface area contributed by atoms with E-state index in [9.17, 15) is 23.1 Å². The molecule has 3 aromatic rings. The minimum Gasteiger partial charge on any atom is -0.480 e. The minimum absolute atomic E-state index is 0.0113. The van der Waals surface area contributed by atoms with Gasteiger partial charge in [0.15, 0.2) is 11.6 Å². The van der Waals surface area contributed by atoms with Gasteiger partial charge in [-0.05, 0) is 48.6 Å². The van der Waals surface area contributed by atoms with Gasteiger partial charge in [-0.3, -0.25) is 18.6 Å². The summed E-state index contributed by atoms with van der Waals surface area (Å²) in [5, 5.41) is 20.5. The molecule has 2 aromatic heterocycles. The number of rotatable bonds is 7. The van der Waals surface area contributed by atoms with Gasteiger partial charge in [-0.1, -0.05) is 23.2 Å². The molecule has 0 spiro atoms. The topological polar surface area (TPSA) is 138 Å². The van der Waals surface area contributed by atoms with Crippen LogP contribution in [0.3, 0.4) is 0 Å². The quantitative estimate of drug-likeness (QED) is 0.451. The highest BCUT2D eigenvalue weighted by molar-refractivity contribution is 7.93. The molecule has 192 valence electrons. The molecular formula is C23H20Cl2N6O5S. The first-order valence-electron chi connectivity index (χ1n) is 11.1. The second-order valence-electron chi connectivity index (χ2n) is 8.39. The van der Waals surface area contributed by atoms with Gasteiger partial charge in [0.1, 0.15) is 11.8 Å². The molecule has 1 fully saturated rings. The first kappa shape index (κ1) is 25.1. The van der Waals surface area contributed by atoms with E-state index in [0.717, 1.165) is 4.31 Å². The van der Waals surface area contributed by atoms with Crippen LogP contribution in [0, 0.1) is 0 Å². The van der Waals surface area contributed by atoms with E-state index >= 15 is 0 Å². The van der Waals surface area contributed by atoms with E-state index in [1.807, 2.05) is 0 Å². The first-order chi connectivity index (χ1) is 17.6. The SMILES string of the molecule is O=C(O)CN(c1ccc2c(ccn2-c2ccc(N3CCNC3=O)nn2)c1)S(=O)(=O)C1C=C(Cl)C=C(Cl)C1. The number of urea groups is 1. The lowest BCUT2D eigenvalue weighted by molar-refractivity contribution is -0.135. The molecule has 1 atom stereocenters. The molecule has 0 saturated carbocycles. The number of halogens is 2. The van der Waals surface area contributed by atoms with Crippen molar-refractivity contribution in [1.82, 2.24) is 20.1 Å². The van der Waals surface area contributed by atoms with E-state index in [-0.39, 0.29) is 28.2 Å². The average Bonchev–Trinajstić information content (AvgIpc) is 3.47. The Hall–Kier alpha value is -3.61. The number of carbonyl (C=O) groups excluding carboxylic acids is 1. The summed E-state index contributed by atoms with van der Waals surface area (Å²) in [6.45, 7) is 0.271. The molecule has 11 nitrogen and oxygen atoms in total. The van der Waals surface area contributed by atoms with Crippen LogP contribution < -0.4 is 14.5 Å². The largest absolute Gasteiger partial charge is 0.480 e. The van der Waals surface area contributed by atoms with Gasteiger partial charge < -0.3 is 10.4 Å². The Labute approximate surface area is 221 Å². The molecule has 3 heterocycles. The van der Waals surface area contributed by atoms with Crippen LogP contribution in [0.15, 0.2) is 64.8 Å². The van der Waals surface area contributed by atoms with Gasteiger partial charge in [-0.2, -0.15) is 0 Å². The summed E-state index contributed by atoms with van der Waals surface area (Å²) in [7, 11) is -4.17. The molecule has 1 aliphatic carbocycles. The zero-order valence-corrected chi connectivity index (χ0v) is 21.4. The zero-order valence-electron chi connectivity index (χ0n) is 19.1. The number of allylic oxidation sites excluding steroid dienone is 3. The van der Waals surface area contributed by atoms with E-state index in [1.54, 1.807) is 41.1 Å². The van der Waals surface area contributed by atoms with E-state index < -0.39 is 27.8 Å². The number of hydrogen-bond acceptors (Lipinski definition) is 6. The molecule has 1 unspecified atom stereocenters. The van der Waals surface area contributed by atoms with Crippen LogP contribution in [0.4, 0.5) is 16.3 Å². The number of nitrogens with zero attached hydrogens (tertiary/aromatic N) is 5. The number of benzene rings is 1. The third-order valence-corrected chi connectivity index (χ3v) is 8.50. The lowest BCUT2D eigenvalue weighted by atomic mass is 10.2. The van der Waals surface area contributed by atoms with Crippen molar-refractivity contribution < 1.29 is 23.1 Å². The maximum atomic E-state index is 13.5. The molecule has 0 radical (unpaired) electrons. The summed E-state index contributed by atoms with van der Waals surface area (Å²) in [5.41, 5.74) is 0.883. The molecule has 5 rings (SSSR count). The summed E-state index contributed by atoms with van der Waals surface area (Å²) in [5.74, 6) is -0.390. The van der Waals surface area contributed by atoms with Crippen molar-refractivity contribution in [1.29, 1.82) is 0 Å². The fraction of sp³-hybridized carbons (Fsp3) is 0.217. The number of carboxylic acid groups (broad SMARTS) is 1. The predicted molar refractivity (Wildman–Crippen MR) is 140 cm³/mol. The Balaban J connectivity index is 1.47. The number of carboxylic acids is 1. The molecule has 37 heavy (non-hydrogen) atoms. The predicted octanol–water partition coefficient (Wildman–Crippen LogP) is 3.19. The number of hydrogen-bond donors (Lipinski definition) is 2. The van der Waals surface area contributed by atoms with E-state index in [1.165, 1.54) is 23.1 Å². The Bertz CT molecular complexity index is 1570. The van der Waals surface area contributed by atoms with Crippen LogP contribution in [0.25, 0.3) is 16.7 Å². The highest BCUT2D eigenvalue weighted by Gasteiger charge is 2.34. The van der Waals surface area contributed by atoms with Crippen LogP contribution >= 0.6 is 23.2 Å². The molecular weight excluding hydrogens is 543 g/mol. The number of carbonyl (C=O) groups is 2. The smallest absolute Gasteiger partial charge is 0.324 e. The van der Waals surface area contributed by atoms with Gasteiger partial charge in [0, 0.05) is 41.2 Å². The first-order valence-corrected chi connectivity index (χ1v) is 13.4. The average molecular weight is 563 g/mol. The van der Waals surface area contributed by atoms with Crippen molar-refractivity contribution in [2.75, 3.05) is 28.8 Å². The van der Waals surface area contributed by atoms with Gasteiger partial charge in [-0.15, -0.1) is 10.2 Å². The standard InChI is InChI=1S/C23H20Cl2N6O5S/c24-15-10-16(25)12-18(11-15)37(35,36)31(13-22(32)33)17-1-2-19-14(9-17)5-7-29(19)20-3-4-21(28-27-20)30-8-6-26-23(30)34/h1-5,7,9-11,18H,6,8,12-13H2,(H,26,34)(H,32,33). The number of sulfonamides is 1. The molecule has 1 aromatic carbocycles. The number of aliphatic carboxylic acids is 1. The lowest BCUT2D eigenvalue weighted by Gasteiger charge is -2.28. The molecule has 14 heteroatoms. The van der Waals surface area contributed by atoms with Gasteiger partial charge in [0.25, 0.3) is 0 Å². The van der Waals surface area contributed by atoms with Crippen molar-refractivity contribution in [3.8, 4) is 5.82 Å². The van der Waals surface area contributed by atoms with Crippen molar-refractivity contribution in [3.63, 3.8) is 0 Å². The highest BCUT2D eigenvalue weighted by atomic mass is 35.5. The van der Waals surface area contributed by atoms with Crippen molar-refractivity contribution >= 4 is 67.6 Å². The minimum atomic E-state index is -4.17. The number of amides is 2. The van der Waals surface area contributed by atoms with Crippen LogP contribution in [-0.4, -0.2) is 65.2 Å². The van der Waals surface area contributed by atoms with Gasteiger partial charge in [0.05, 0.1) is 11.2 Å². The van der Waals surface area contributed by atoms with Gasteiger partial charge >= 0.3 is 12.0 Å². The molecule has 1 saturated heterocycles. The normalized spacial score (nSPS) is 17.9. The fourth-order valence-corrected chi connectivity index (χ4v) is 6.78. The lowest BCUT2D eigenvalue weighted by Crippen LogP contribution is -2.41. The second-order valence-corrected chi connectivity index (χ2v) is 11.4. The summed E-state index contributed by atoms with van der Waals surface area (Å²) >= 11 is 12.1. The molecule has 0 bridgehead atoms. The molecule has 2 aliphatic rings. The number of nitrogens with one attached hydrogen (secondary N) is 1. The Morgan fingerprint density at radius 1 is 1.16 bits per heavy atom. The maximum Gasteiger partial charge on any atom is 0.324 e. The van der Waals surface area contributed by atoms with Gasteiger partial charge in [0.2, 0.25) is 10.0 Å². The summed E-state index contributed by atoms with van der Waals surface area (Å²) in [4.78, 5) is 25.0. The third kappa shape index (κ3) is 4.87. The molecule has 2 amide bonds. The van der Waals surface area contributed by atoms with Crippen LogP contribution in [-0.2, 0) is 14.8 Å². The van der Waals surface area contributed by atoms with E-state index in [2.05, 4.69) is 15.5 Å². The van der Waals surface area contributed by atoms with E-state index in [4.69, 9.17) is 23.2 Å². The Kier molecular flexibility index (Phi) is 6.56. The number of aromatic nitrogens is 3. The maximum absolute atomic E-state index is 13.5. The van der Waals surface area contributed by atoms with Crippen LogP contribution in [0.1, 0.15) is 6.42 Å². The molecule has 1 aliphatic heterocycles. The second kappa shape index (κ2) is 9.69. The summed E-state index contributed by atoms with van der Waals surface area (Å²) < 4.78 is 29.5. The summed E-state index contributed by atoms with van der Waals surface area (Å²) in [6, 6.07) is 9.73. The Morgan fingerprint density at radius 2 is 1.92 bits per heavy atom. The number of fused-ring (bicyclic) bond motifs is 1. The monoisotopic (exact) mass is 562 g/mol. The Morgan fingerprint density at radius 3 is 2.57 bits per heavy atom. The zero-order chi connectivity index (χ0) is 26.3. The molecule has 2 N–H and O–H groups in total. The van der Waals surface area contributed by atoms with Crippen LogP contribution in [0.5, 0.6) is 0 Å². The number of anilines is 2. The van der Waals surface area contributed by atoms with Gasteiger partial charge in [-0.25, -0.2) is 13.2 Å². The highest BCUT2D eigenvalue weighted by Crippen LogP contribution is 2.33. The van der Waals surface area contributed by atoms with Crippen LogP contribution in [0.2, 0.25) is 0 Å². The summed E-state index contributed by atoms with van der Waals surface area (Å²) in [6.07, 6.45) is 4.54. The fourth-order valence-electron chi connectivity index (χ4n) is 4.26. The van der Waals surface area contributed by atoms with Crippen molar-refractivity contribution in [2.24, 2.45) is 0 Å².